The van der Waals surface area contributed by atoms with Crippen LogP contribution in [0.25, 0.3) is 0 Å². The van der Waals surface area contributed by atoms with Crippen molar-refractivity contribution in [3.05, 3.63) is 35.9 Å². The van der Waals surface area contributed by atoms with Crippen molar-refractivity contribution in [1.82, 2.24) is 16.0 Å². The molecule has 13 nitrogen and oxygen atoms in total. The first-order chi connectivity index (χ1) is 15.9. The highest BCUT2D eigenvalue weighted by Gasteiger charge is 2.29. The normalized spacial score (nSPS) is 14.1. The van der Waals surface area contributed by atoms with Crippen LogP contribution in [0.2, 0.25) is 0 Å². The van der Waals surface area contributed by atoms with Crippen LogP contribution in [0.3, 0.4) is 0 Å². The zero-order valence-electron chi connectivity index (χ0n) is 18.5. The summed E-state index contributed by atoms with van der Waals surface area (Å²) in [6, 6.07) is 3.37. The van der Waals surface area contributed by atoms with Crippen LogP contribution in [-0.4, -0.2) is 69.9 Å². The van der Waals surface area contributed by atoms with E-state index < -0.39 is 66.2 Å². The highest BCUT2D eigenvalue weighted by atomic mass is 16.4. The molecule has 9 N–H and O–H groups in total. The molecule has 34 heavy (non-hydrogen) atoms. The molecule has 186 valence electrons. The predicted molar refractivity (Wildman–Crippen MR) is 118 cm³/mol. The molecule has 0 heterocycles. The van der Waals surface area contributed by atoms with Crippen molar-refractivity contribution in [2.45, 2.75) is 56.8 Å². The van der Waals surface area contributed by atoms with Gasteiger partial charge >= 0.3 is 11.9 Å². The van der Waals surface area contributed by atoms with Gasteiger partial charge in [-0.05, 0) is 18.9 Å². The second kappa shape index (κ2) is 13.5. The van der Waals surface area contributed by atoms with Gasteiger partial charge in [0.05, 0.1) is 12.5 Å². The van der Waals surface area contributed by atoms with Crippen LogP contribution in [0, 0.1) is 0 Å². The maximum Gasteiger partial charge on any atom is 0.326 e. The van der Waals surface area contributed by atoms with E-state index in [-0.39, 0.29) is 19.3 Å². The number of hydrogen-bond acceptors (Lipinski definition) is 7. The Labute approximate surface area is 195 Å². The van der Waals surface area contributed by atoms with E-state index >= 15 is 0 Å². The van der Waals surface area contributed by atoms with Gasteiger partial charge in [0.1, 0.15) is 18.1 Å². The van der Waals surface area contributed by atoms with Crippen molar-refractivity contribution in [3.63, 3.8) is 0 Å². The topological polar surface area (TPSA) is 231 Å². The summed E-state index contributed by atoms with van der Waals surface area (Å²) in [5.74, 6) is -5.95. The number of primary amides is 1. The number of nitrogens with one attached hydrogen (secondary N) is 3. The second-order valence-electron chi connectivity index (χ2n) is 7.59. The summed E-state index contributed by atoms with van der Waals surface area (Å²) in [6.07, 6.45) is -1.19. The first-order valence-corrected chi connectivity index (χ1v) is 10.3. The molecule has 0 bridgehead atoms. The molecule has 0 spiro atoms. The van der Waals surface area contributed by atoms with Gasteiger partial charge in [0.2, 0.25) is 23.6 Å². The molecule has 4 amide bonds. The Bertz CT molecular complexity index is 908. The number of benzene rings is 1. The van der Waals surface area contributed by atoms with E-state index in [9.17, 15) is 33.9 Å². The lowest BCUT2D eigenvalue weighted by Gasteiger charge is -2.23. The SMILES string of the molecule is CC(NC(=O)C(CCC(N)=O)NC(=O)C(N)CC(=O)O)C(=O)NC(Cc1ccccc1)C(=O)O. The number of amides is 4. The van der Waals surface area contributed by atoms with Gasteiger partial charge in [-0.3, -0.25) is 24.0 Å². The molecule has 1 aromatic carbocycles. The number of nitrogens with two attached hydrogens (primary N) is 2. The minimum absolute atomic E-state index is 0.0152. The van der Waals surface area contributed by atoms with Crippen LogP contribution in [0.1, 0.15) is 31.7 Å². The minimum atomic E-state index is -1.45. The molecule has 0 fully saturated rings. The molecule has 4 unspecified atom stereocenters. The Hall–Kier alpha value is -4.00. The number of carboxylic acid groups (broad SMARTS) is 2. The van der Waals surface area contributed by atoms with Gasteiger partial charge in [-0.2, -0.15) is 0 Å². The van der Waals surface area contributed by atoms with Crippen molar-refractivity contribution in [1.29, 1.82) is 0 Å². The lowest BCUT2D eigenvalue weighted by Crippen LogP contribution is -2.56. The fourth-order valence-electron chi connectivity index (χ4n) is 2.84. The molecular weight excluding hydrogens is 450 g/mol. The van der Waals surface area contributed by atoms with Gasteiger partial charge in [0.25, 0.3) is 0 Å². The molecule has 1 rings (SSSR count). The molecule has 1 aromatic rings. The Kier molecular flexibility index (Phi) is 11.2. The number of rotatable bonds is 14. The fourth-order valence-corrected chi connectivity index (χ4v) is 2.84. The summed E-state index contributed by atoms with van der Waals surface area (Å²) in [5, 5.41) is 25.1. The van der Waals surface area contributed by atoms with Crippen LogP contribution in [0.4, 0.5) is 0 Å². The molecular formula is C21H29N5O8. The third kappa shape index (κ3) is 10.1. The molecule has 13 heteroatoms. The quantitative estimate of drug-likeness (QED) is 0.154. The van der Waals surface area contributed by atoms with Crippen LogP contribution >= 0.6 is 0 Å². The van der Waals surface area contributed by atoms with E-state index in [1.807, 2.05) is 0 Å². The van der Waals surface area contributed by atoms with Crippen LogP contribution < -0.4 is 27.4 Å². The van der Waals surface area contributed by atoms with Crippen molar-refractivity contribution in [2.75, 3.05) is 0 Å². The van der Waals surface area contributed by atoms with Crippen molar-refractivity contribution >= 4 is 35.6 Å². The van der Waals surface area contributed by atoms with Crippen molar-refractivity contribution in [2.24, 2.45) is 11.5 Å². The van der Waals surface area contributed by atoms with Gasteiger partial charge in [-0.15, -0.1) is 0 Å². The Morgan fingerprint density at radius 2 is 1.47 bits per heavy atom. The molecule has 0 aromatic heterocycles. The van der Waals surface area contributed by atoms with E-state index in [0.717, 1.165) is 0 Å². The van der Waals surface area contributed by atoms with Crippen LogP contribution in [-0.2, 0) is 35.2 Å². The first-order valence-electron chi connectivity index (χ1n) is 10.3. The smallest absolute Gasteiger partial charge is 0.326 e. The summed E-state index contributed by atoms with van der Waals surface area (Å²) in [4.78, 5) is 70.6. The summed E-state index contributed by atoms with van der Waals surface area (Å²) < 4.78 is 0. The predicted octanol–water partition coefficient (Wildman–Crippen LogP) is -2.14. The number of carbonyl (C=O) groups is 6. The zero-order valence-corrected chi connectivity index (χ0v) is 18.5. The van der Waals surface area contributed by atoms with Crippen molar-refractivity contribution < 1.29 is 39.0 Å². The highest BCUT2D eigenvalue weighted by Crippen LogP contribution is 2.05. The van der Waals surface area contributed by atoms with Crippen molar-refractivity contribution in [3.8, 4) is 0 Å². The molecule has 0 aliphatic rings. The van der Waals surface area contributed by atoms with E-state index in [1.165, 1.54) is 6.92 Å². The van der Waals surface area contributed by atoms with E-state index in [0.29, 0.717) is 5.56 Å². The lowest BCUT2D eigenvalue weighted by molar-refractivity contribution is -0.142. The van der Waals surface area contributed by atoms with E-state index in [4.69, 9.17) is 16.6 Å². The Morgan fingerprint density at radius 3 is 2.00 bits per heavy atom. The summed E-state index contributed by atoms with van der Waals surface area (Å²) in [5.41, 5.74) is 11.2. The van der Waals surface area contributed by atoms with E-state index in [2.05, 4.69) is 16.0 Å². The first kappa shape index (κ1) is 28.0. The summed E-state index contributed by atoms with van der Waals surface area (Å²) in [6.45, 7) is 1.30. The Morgan fingerprint density at radius 1 is 0.882 bits per heavy atom. The van der Waals surface area contributed by atoms with Gasteiger partial charge in [0.15, 0.2) is 0 Å². The maximum absolute atomic E-state index is 12.6. The largest absolute Gasteiger partial charge is 0.481 e. The second-order valence-corrected chi connectivity index (χ2v) is 7.59. The highest BCUT2D eigenvalue weighted by molar-refractivity contribution is 5.94. The number of carbonyl (C=O) groups excluding carboxylic acids is 4. The number of aliphatic carboxylic acids is 2. The number of carboxylic acids is 2. The number of hydrogen-bond donors (Lipinski definition) is 7. The molecule has 4 atom stereocenters. The van der Waals surface area contributed by atoms with Crippen LogP contribution in [0.5, 0.6) is 0 Å². The monoisotopic (exact) mass is 479 g/mol. The summed E-state index contributed by atoms with van der Waals surface area (Å²) in [7, 11) is 0. The standard InChI is InChI=1S/C21H29N5O8/c1-11(18(30)26-15(21(33)34)9-12-5-3-2-4-6-12)24-20(32)14(7-8-16(23)27)25-19(31)13(22)10-17(28)29/h2-6,11,13-15H,7-10,22H2,1H3,(H2,23,27)(H,24,32)(H,25,31)(H,26,30)(H,28,29)(H,33,34). The molecule has 0 radical (unpaired) electrons. The van der Waals surface area contributed by atoms with Gasteiger partial charge in [-0.1, -0.05) is 30.3 Å². The van der Waals surface area contributed by atoms with Crippen LogP contribution in [0.15, 0.2) is 30.3 Å². The van der Waals surface area contributed by atoms with Gasteiger partial charge in [-0.25, -0.2) is 4.79 Å². The Balaban J connectivity index is 2.81. The van der Waals surface area contributed by atoms with Gasteiger partial charge < -0.3 is 37.6 Å². The van der Waals surface area contributed by atoms with E-state index in [1.54, 1.807) is 30.3 Å². The molecule has 0 saturated heterocycles. The third-order valence-corrected chi connectivity index (χ3v) is 4.69. The summed E-state index contributed by atoms with van der Waals surface area (Å²) >= 11 is 0. The third-order valence-electron chi connectivity index (χ3n) is 4.69. The maximum atomic E-state index is 12.6. The van der Waals surface area contributed by atoms with Gasteiger partial charge in [0, 0.05) is 12.8 Å². The zero-order chi connectivity index (χ0) is 25.8. The molecule has 0 saturated carbocycles. The molecule has 0 aliphatic carbocycles. The average Bonchev–Trinajstić information content (AvgIpc) is 2.75. The lowest BCUT2D eigenvalue weighted by atomic mass is 10.1. The molecule has 0 aliphatic heterocycles. The fraction of sp³-hybridized carbons (Fsp3) is 0.429. The average molecular weight is 479 g/mol. The minimum Gasteiger partial charge on any atom is -0.481 e.